The van der Waals surface area contributed by atoms with E-state index in [1.807, 2.05) is 62.5 Å². The average molecular weight is 523 g/mol. The van der Waals surface area contributed by atoms with E-state index in [4.69, 9.17) is 0 Å². The Bertz CT molecular complexity index is 1500. The third-order valence-electron chi connectivity index (χ3n) is 6.34. The summed E-state index contributed by atoms with van der Waals surface area (Å²) in [6.45, 7) is 5.21. The van der Waals surface area contributed by atoms with Gasteiger partial charge in [0.15, 0.2) is 0 Å². The van der Waals surface area contributed by atoms with Gasteiger partial charge in [-0.3, -0.25) is 5.32 Å². The maximum absolute atomic E-state index is 13.1. The normalized spacial score (nSPS) is 14.0. The molecule has 0 radical (unpaired) electrons. The van der Waals surface area contributed by atoms with Crippen LogP contribution in [0.1, 0.15) is 46.5 Å². The lowest BCUT2D eigenvalue weighted by Gasteiger charge is -2.32. The maximum Gasteiger partial charge on any atom is 0.573 e. The summed E-state index contributed by atoms with van der Waals surface area (Å²) in [5.74, 6) is 5.44. The SMILES string of the molecule is Cc1ccc(C#Cc2ccc(OC(F)(F)F)c(C(O)NC(C)(CO)Cc3c[nH]c4ccccc34)c2)c(C)c1. The molecule has 0 saturated carbocycles. The van der Waals surface area contributed by atoms with Crippen molar-refractivity contribution in [2.75, 3.05) is 6.61 Å². The molecule has 38 heavy (non-hydrogen) atoms. The summed E-state index contributed by atoms with van der Waals surface area (Å²) in [4.78, 5) is 3.16. The summed E-state index contributed by atoms with van der Waals surface area (Å²) in [5.41, 5.74) is 3.85. The molecule has 4 N–H and O–H groups in total. The van der Waals surface area contributed by atoms with Crippen molar-refractivity contribution < 1.29 is 28.1 Å². The molecule has 0 spiro atoms. The number of hydrogen-bond acceptors (Lipinski definition) is 4. The number of aliphatic hydroxyl groups is 2. The number of aliphatic hydroxyl groups excluding tert-OH is 2. The van der Waals surface area contributed by atoms with Crippen molar-refractivity contribution in [2.24, 2.45) is 0 Å². The Morgan fingerprint density at radius 2 is 1.79 bits per heavy atom. The number of aromatic nitrogens is 1. The lowest BCUT2D eigenvalue weighted by molar-refractivity contribution is -0.275. The fraction of sp³-hybridized carbons (Fsp3) is 0.267. The molecule has 0 saturated heterocycles. The van der Waals surface area contributed by atoms with Crippen molar-refractivity contribution in [2.45, 2.75) is 45.3 Å². The third kappa shape index (κ3) is 6.56. The van der Waals surface area contributed by atoms with Crippen LogP contribution >= 0.6 is 0 Å². The van der Waals surface area contributed by atoms with E-state index in [1.54, 1.807) is 6.92 Å². The summed E-state index contributed by atoms with van der Waals surface area (Å²) >= 11 is 0. The molecule has 1 aromatic heterocycles. The second-order valence-corrected chi connectivity index (χ2v) is 9.67. The summed E-state index contributed by atoms with van der Waals surface area (Å²) in [6, 6.07) is 17.3. The van der Waals surface area contributed by atoms with Gasteiger partial charge in [0.2, 0.25) is 0 Å². The average Bonchev–Trinajstić information content (AvgIpc) is 3.25. The number of aryl methyl sites for hydroxylation is 2. The first-order valence-corrected chi connectivity index (χ1v) is 12.1. The van der Waals surface area contributed by atoms with Crippen LogP contribution in [0.2, 0.25) is 0 Å². The zero-order valence-electron chi connectivity index (χ0n) is 21.3. The Hall–Kier alpha value is -3.77. The number of nitrogens with one attached hydrogen (secondary N) is 2. The van der Waals surface area contributed by atoms with Crippen LogP contribution in [-0.2, 0) is 6.42 Å². The van der Waals surface area contributed by atoms with E-state index in [0.717, 1.165) is 39.2 Å². The monoisotopic (exact) mass is 522 g/mol. The van der Waals surface area contributed by atoms with Crippen LogP contribution < -0.4 is 10.1 Å². The van der Waals surface area contributed by atoms with Gasteiger partial charge in [0.25, 0.3) is 0 Å². The van der Waals surface area contributed by atoms with Crippen LogP contribution in [0, 0.1) is 25.7 Å². The van der Waals surface area contributed by atoms with E-state index in [-0.39, 0.29) is 12.2 Å². The van der Waals surface area contributed by atoms with Gasteiger partial charge in [-0.2, -0.15) is 0 Å². The Morgan fingerprint density at radius 3 is 2.50 bits per heavy atom. The van der Waals surface area contributed by atoms with Crippen molar-refractivity contribution in [1.29, 1.82) is 0 Å². The standard InChI is InChI=1S/C30H29F3N2O3/c1-19-8-11-22(20(2)14-19)12-9-21-10-13-27(38-30(31,32)33)25(15-21)28(37)35-29(3,18-36)16-23-17-34-26-7-5-4-6-24(23)26/h4-8,10-11,13-15,17,28,34-37H,16,18H2,1-3H3. The van der Waals surface area contributed by atoms with Crippen LogP contribution in [0.3, 0.4) is 0 Å². The van der Waals surface area contributed by atoms with Gasteiger partial charge in [0.1, 0.15) is 12.0 Å². The molecule has 0 aliphatic heterocycles. The Balaban J connectivity index is 1.64. The van der Waals surface area contributed by atoms with Crippen molar-refractivity contribution in [3.63, 3.8) is 0 Å². The van der Waals surface area contributed by atoms with Crippen molar-refractivity contribution in [1.82, 2.24) is 10.3 Å². The number of fused-ring (bicyclic) bond motifs is 1. The second-order valence-electron chi connectivity index (χ2n) is 9.67. The van der Waals surface area contributed by atoms with Gasteiger partial charge in [-0.05, 0) is 68.7 Å². The number of hydrogen-bond donors (Lipinski definition) is 4. The van der Waals surface area contributed by atoms with Crippen LogP contribution in [-0.4, -0.2) is 33.7 Å². The molecule has 2 unspecified atom stereocenters. The summed E-state index contributed by atoms with van der Waals surface area (Å²) in [5, 5.41) is 25.1. The first-order valence-electron chi connectivity index (χ1n) is 12.1. The number of rotatable bonds is 7. The minimum atomic E-state index is -4.95. The zero-order chi connectivity index (χ0) is 27.5. The molecule has 4 aromatic rings. The Morgan fingerprint density at radius 1 is 1.03 bits per heavy atom. The third-order valence-corrected chi connectivity index (χ3v) is 6.34. The van der Waals surface area contributed by atoms with Gasteiger partial charge >= 0.3 is 6.36 Å². The number of halogens is 3. The Kier molecular flexibility index (Phi) is 7.83. The van der Waals surface area contributed by atoms with Gasteiger partial charge in [0, 0.05) is 39.3 Å². The van der Waals surface area contributed by atoms with E-state index in [0.29, 0.717) is 12.0 Å². The van der Waals surface area contributed by atoms with Crippen molar-refractivity contribution in [3.05, 3.63) is 100 Å². The number of para-hydroxylation sites is 1. The number of alkyl halides is 3. The van der Waals surface area contributed by atoms with Crippen LogP contribution in [0.4, 0.5) is 13.2 Å². The number of aromatic amines is 1. The molecule has 3 aromatic carbocycles. The van der Waals surface area contributed by atoms with Crippen LogP contribution in [0.15, 0.2) is 66.9 Å². The van der Waals surface area contributed by atoms with Gasteiger partial charge in [-0.1, -0.05) is 47.7 Å². The molecule has 5 nitrogen and oxygen atoms in total. The van der Waals surface area contributed by atoms with Gasteiger partial charge in [0.05, 0.1) is 6.61 Å². The van der Waals surface area contributed by atoms with E-state index < -0.39 is 23.9 Å². The van der Waals surface area contributed by atoms with Crippen LogP contribution in [0.5, 0.6) is 5.75 Å². The fourth-order valence-corrected chi connectivity index (χ4v) is 4.41. The second kappa shape index (κ2) is 10.9. The molecule has 1 heterocycles. The van der Waals surface area contributed by atoms with Crippen molar-refractivity contribution >= 4 is 10.9 Å². The summed E-state index contributed by atoms with van der Waals surface area (Å²) < 4.78 is 43.6. The van der Waals surface area contributed by atoms with E-state index in [2.05, 4.69) is 26.9 Å². The fourth-order valence-electron chi connectivity index (χ4n) is 4.41. The highest BCUT2D eigenvalue weighted by Gasteiger charge is 2.34. The first kappa shape index (κ1) is 27.3. The molecule has 198 valence electrons. The first-order chi connectivity index (χ1) is 18.0. The molecular formula is C30H29F3N2O3. The highest BCUT2D eigenvalue weighted by atomic mass is 19.4. The zero-order valence-corrected chi connectivity index (χ0v) is 21.3. The molecule has 0 aliphatic rings. The number of benzene rings is 3. The van der Waals surface area contributed by atoms with Crippen molar-refractivity contribution in [3.8, 4) is 17.6 Å². The lowest BCUT2D eigenvalue weighted by atomic mass is 9.92. The summed E-state index contributed by atoms with van der Waals surface area (Å²) in [6.07, 6.45) is -4.43. The molecule has 0 fully saturated rings. The van der Waals surface area contributed by atoms with E-state index >= 15 is 0 Å². The molecule has 0 amide bonds. The number of ether oxygens (including phenoxy) is 1. The number of H-pyrrole nitrogens is 1. The van der Waals surface area contributed by atoms with Crippen LogP contribution in [0.25, 0.3) is 10.9 Å². The smallest absolute Gasteiger partial charge is 0.405 e. The molecule has 8 heteroatoms. The largest absolute Gasteiger partial charge is 0.573 e. The quantitative estimate of drug-likeness (QED) is 0.187. The Labute approximate surface area is 219 Å². The minimum absolute atomic E-state index is 0.145. The molecule has 0 bridgehead atoms. The van der Waals surface area contributed by atoms with Gasteiger partial charge < -0.3 is 19.9 Å². The molecular weight excluding hydrogens is 493 g/mol. The predicted octanol–water partition coefficient (Wildman–Crippen LogP) is 5.66. The van der Waals surface area contributed by atoms with Gasteiger partial charge in [-0.15, -0.1) is 13.2 Å². The highest BCUT2D eigenvalue weighted by molar-refractivity contribution is 5.83. The lowest BCUT2D eigenvalue weighted by Crippen LogP contribution is -2.49. The van der Waals surface area contributed by atoms with Gasteiger partial charge in [-0.25, -0.2) is 0 Å². The predicted molar refractivity (Wildman–Crippen MR) is 141 cm³/mol. The van der Waals surface area contributed by atoms with E-state index in [1.165, 1.54) is 12.1 Å². The molecule has 2 atom stereocenters. The maximum atomic E-state index is 13.1. The molecule has 4 rings (SSSR count). The summed E-state index contributed by atoms with van der Waals surface area (Å²) in [7, 11) is 0. The highest BCUT2D eigenvalue weighted by Crippen LogP contribution is 2.32. The minimum Gasteiger partial charge on any atom is -0.405 e. The van der Waals surface area contributed by atoms with E-state index in [9.17, 15) is 23.4 Å². The topological polar surface area (TPSA) is 77.5 Å². The molecule has 0 aliphatic carbocycles.